The van der Waals surface area contributed by atoms with E-state index in [4.69, 9.17) is 5.73 Å². The third-order valence-electron chi connectivity index (χ3n) is 4.99. The molecule has 4 rings (SSSR count). The van der Waals surface area contributed by atoms with Crippen LogP contribution in [-0.4, -0.2) is 50.4 Å². The molecule has 146 valence electrons. The second-order valence-electron chi connectivity index (χ2n) is 6.85. The molecule has 0 radical (unpaired) electrons. The molecule has 1 unspecified atom stereocenters. The number of amides is 3. The molecule has 10 heteroatoms. The van der Waals surface area contributed by atoms with Crippen LogP contribution in [0.3, 0.4) is 0 Å². The number of rotatable bonds is 6. The number of hydrogen-bond donors (Lipinski definition) is 4. The van der Waals surface area contributed by atoms with Gasteiger partial charge in [0.05, 0.1) is 0 Å². The summed E-state index contributed by atoms with van der Waals surface area (Å²) in [5, 5.41) is 12.3. The van der Waals surface area contributed by atoms with Gasteiger partial charge in [-0.3, -0.25) is 24.8 Å². The van der Waals surface area contributed by atoms with Crippen LogP contribution in [0.15, 0.2) is 18.2 Å². The Bertz CT molecular complexity index is 939. The average Bonchev–Trinajstić information content (AvgIpc) is 3.25. The van der Waals surface area contributed by atoms with Crippen LogP contribution in [0.5, 0.6) is 0 Å². The Morgan fingerprint density at radius 1 is 1.29 bits per heavy atom. The standard InChI is InChI=1S/C18H21N7O3/c19-7-6-13-21-18(24-23-13)20-8-10-2-1-3-11-9-25(17(28)15(10)11)12-4-5-14(26)22-16(12)27/h1-3,12H,4-9,19H2,(H,22,26,27)(H2,20,21,23,24). The molecular formula is C18H21N7O3. The molecule has 1 aromatic carbocycles. The Kier molecular flexibility index (Phi) is 4.78. The summed E-state index contributed by atoms with van der Waals surface area (Å²) in [6.45, 7) is 1.21. The first-order chi connectivity index (χ1) is 13.6. The van der Waals surface area contributed by atoms with E-state index < -0.39 is 11.9 Å². The zero-order chi connectivity index (χ0) is 19.7. The van der Waals surface area contributed by atoms with Gasteiger partial charge < -0.3 is 16.0 Å². The number of anilines is 1. The fourth-order valence-electron chi connectivity index (χ4n) is 3.63. The highest BCUT2D eigenvalue weighted by molar-refractivity contribution is 6.06. The number of nitrogens with one attached hydrogen (secondary N) is 3. The van der Waals surface area contributed by atoms with Crippen molar-refractivity contribution >= 4 is 23.7 Å². The van der Waals surface area contributed by atoms with E-state index in [0.29, 0.717) is 49.8 Å². The summed E-state index contributed by atoms with van der Waals surface area (Å²) in [5.74, 6) is 0.235. The molecule has 5 N–H and O–H groups in total. The highest BCUT2D eigenvalue weighted by Gasteiger charge is 2.39. The minimum atomic E-state index is -0.620. The van der Waals surface area contributed by atoms with Gasteiger partial charge in [-0.1, -0.05) is 18.2 Å². The maximum absolute atomic E-state index is 13.0. The molecule has 3 amide bonds. The van der Waals surface area contributed by atoms with Gasteiger partial charge in [0.15, 0.2) is 0 Å². The minimum Gasteiger partial charge on any atom is -0.349 e. The molecule has 2 aliphatic rings. The first-order valence-corrected chi connectivity index (χ1v) is 9.17. The Balaban J connectivity index is 1.50. The van der Waals surface area contributed by atoms with Gasteiger partial charge in [-0.05, 0) is 24.1 Å². The number of nitrogens with zero attached hydrogens (tertiary/aromatic N) is 3. The Morgan fingerprint density at radius 2 is 2.14 bits per heavy atom. The van der Waals surface area contributed by atoms with Crippen LogP contribution in [0.1, 0.15) is 40.2 Å². The van der Waals surface area contributed by atoms with Gasteiger partial charge >= 0.3 is 0 Å². The molecule has 1 saturated heterocycles. The molecule has 1 aromatic heterocycles. The third kappa shape index (κ3) is 3.33. The number of aromatic nitrogens is 3. The maximum Gasteiger partial charge on any atom is 0.255 e. The lowest BCUT2D eigenvalue weighted by Crippen LogP contribution is -2.52. The van der Waals surface area contributed by atoms with Crippen LogP contribution < -0.4 is 16.4 Å². The lowest BCUT2D eigenvalue weighted by molar-refractivity contribution is -0.136. The van der Waals surface area contributed by atoms with Crippen LogP contribution in [0, 0.1) is 0 Å². The molecule has 1 fully saturated rings. The predicted octanol–water partition coefficient (Wildman–Crippen LogP) is -0.321. The fourth-order valence-corrected chi connectivity index (χ4v) is 3.63. The molecule has 10 nitrogen and oxygen atoms in total. The maximum atomic E-state index is 13.0. The van der Waals surface area contributed by atoms with E-state index in [0.717, 1.165) is 11.1 Å². The van der Waals surface area contributed by atoms with Crippen molar-refractivity contribution in [3.8, 4) is 0 Å². The van der Waals surface area contributed by atoms with Crippen molar-refractivity contribution in [3.05, 3.63) is 40.7 Å². The Hall–Kier alpha value is -3.27. The summed E-state index contributed by atoms with van der Waals surface area (Å²) in [5.41, 5.74) is 7.78. The number of fused-ring (bicyclic) bond motifs is 1. The van der Waals surface area contributed by atoms with Crippen LogP contribution in [0.4, 0.5) is 5.95 Å². The van der Waals surface area contributed by atoms with Crippen molar-refractivity contribution in [2.75, 3.05) is 11.9 Å². The lowest BCUT2D eigenvalue weighted by atomic mass is 10.0. The van der Waals surface area contributed by atoms with Crippen LogP contribution >= 0.6 is 0 Å². The van der Waals surface area contributed by atoms with E-state index >= 15 is 0 Å². The molecule has 0 aliphatic carbocycles. The quantitative estimate of drug-likeness (QED) is 0.500. The van der Waals surface area contributed by atoms with Gasteiger partial charge in [0, 0.05) is 31.5 Å². The Labute approximate surface area is 160 Å². The highest BCUT2D eigenvalue weighted by Crippen LogP contribution is 2.30. The first-order valence-electron chi connectivity index (χ1n) is 9.17. The highest BCUT2D eigenvalue weighted by atomic mass is 16.2. The number of aromatic amines is 1. The molecule has 28 heavy (non-hydrogen) atoms. The van der Waals surface area contributed by atoms with E-state index in [9.17, 15) is 14.4 Å². The van der Waals surface area contributed by atoms with Crippen molar-refractivity contribution in [2.45, 2.75) is 38.4 Å². The van der Waals surface area contributed by atoms with Gasteiger partial charge in [-0.2, -0.15) is 4.98 Å². The summed E-state index contributed by atoms with van der Waals surface area (Å²) < 4.78 is 0. The number of hydrogen-bond acceptors (Lipinski definition) is 7. The van der Waals surface area contributed by atoms with Crippen LogP contribution in [0.2, 0.25) is 0 Å². The second kappa shape index (κ2) is 7.39. The zero-order valence-corrected chi connectivity index (χ0v) is 15.2. The number of benzene rings is 1. The van der Waals surface area contributed by atoms with Gasteiger partial charge in [-0.15, -0.1) is 5.10 Å². The summed E-state index contributed by atoms with van der Waals surface area (Å²) in [6, 6.07) is 5.01. The predicted molar refractivity (Wildman–Crippen MR) is 99.0 cm³/mol. The number of piperidine rings is 1. The third-order valence-corrected chi connectivity index (χ3v) is 4.99. The molecule has 2 aromatic rings. The number of imide groups is 1. The van der Waals surface area contributed by atoms with Crippen LogP contribution in [0.25, 0.3) is 0 Å². The van der Waals surface area contributed by atoms with Crippen molar-refractivity contribution in [1.29, 1.82) is 0 Å². The van der Waals surface area contributed by atoms with Gasteiger partial charge in [-0.25, -0.2) is 0 Å². The topological polar surface area (TPSA) is 146 Å². The van der Waals surface area contributed by atoms with E-state index in [-0.39, 0.29) is 18.2 Å². The largest absolute Gasteiger partial charge is 0.349 e. The lowest BCUT2D eigenvalue weighted by Gasteiger charge is -2.29. The van der Waals surface area contributed by atoms with E-state index in [1.807, 2.05) is 18.2 Å². The normalized spacial score (nSPS) is 19.0. The van der Waals surface area contributed by atoms with E-state index in [2.05, 4.69) is 25.8 Å². The molecule has 3 heterocycles. The number of carbonyl (C=O) groups is 3. The van der Waals surface area contributed by atoms with Crippen molar-refractivity contribution in [3.63, 3.8) is 0 Å². The summed E-state index contributed by atoms with van der Waals surface area (Å²) >= 11 is 0. The fraction of sp³-hybridized carbons (Fsp3) is 0.389. The minimum absolute atomic E-state index is 0.194. The van der Waals surface area contributed by atoms with Gasteiger partial charge in [0.2, 0.25) is 17.8 Å². The second-order valence-corrected chi connectivity index (χ2v) is 6.85. The number of nitrogens with two attached hydrogens (primary N) is 1. The van der Waals surface area contributed by atoms with Gasteiger partial charge in [0.25, 0.3) is 5.91 Å². The zero-order valence-electron chi connectivity index (χ0n) is 15.2. The van der Waals surface area contributed by atoms with Crippen LogP contribution in [-0.2, 0) is 29.1 Å². The molecule has 2 aliphatic heterocycles. The van der Waals surface area contributed by atoms with E-state index in [1.165, 1.54) is 0 Å². The number of H-pyrrole nitrogens is 1. The Morgan fingerprint density at radius 3 is 2.93 bits per heavy atom. The summed E-state index contributed by atoms with van der Waals surface area (Å²) in [4.78, 5) is 42.4. The average molecular weight is 383 g/mol. The molecule has 1 atom stereocenters. The molecule has 0 saturated carbocycles. The first kappa shape index (κ1) is 18.1. The van der Waals surface area contributed by atoms with E-state index in [1.54, 1.807) is 4.90 Å². The van der Waals surface area contributed by atoms with Crippen molar-refractivity contribution in [2.24, 2.45) is 5.73 Å². The SMILES string of the molecule is NCCc1nc(NCc2cccc3c2C(=O)N(C2CCC(=O)NC2=O)C3)n[nH]1. The summed E-state index contributed by atoms with van der Waals surface area (Å²) in [7, 11) is 0. The summed E-state index contributed by atoms with van der Waals surface area (Å²) in [6.07, 6.45) is 1.19. The molecular weight excluding hydrogens is 362 g/mol. The molecule has 0 spiro atoms. The smallest absolute Gasteiger partial charge is 0.255 e. The molecule has 0 bridgehead atoms. The van der Waals surface area contributed by atoms with Crippen molar-refractivity contribution in [1.82, 2.24) is 25.4 Å². The van der Waals surface area contributed by atoms with Crippen molar-refractivity contribution < 1.29 is 14.4 Å². The number of carbonyl (C=O) groups excluding carboxylic acids is 3. The monoisotopic (exact) mass is 383 g/mol. The van der Waals surface area contributed by atoms with Gasteiger partial charge in [0.1, 0.15) is 11.9 Å².